The largest absolute Gasteiger partial charge is 0.507 e. The number of hydrogen-bond donors (Lipinski definition) is 2. The molecule has 0 aliphatic heterocycles. The smallest absolute Gasteiger partial charge is 0.260 e. The zero-order valence-corrected chi connectivity index (χ0v) is 14.8. The number of carbonyl (C=O) groups is 1. The molecule has 0 bridgehead atoms. The van der Waals surface area contributed by atoms with Gasteiger partial charge >= 0.3 is 0 Å². The summed E-state index contributed by atoms with van der Waals surface area (Å²) in [5.41, 5.74) is 2.99. The van der Waals surface area contributed by atoms with Crippen molar-refractivity contribution >= 4 is 34.8 Å². The van der Waals surface area contributed by atoms with E-state index in [1.54, 1.807) is 48.8 Å². The van der Waals surface area contributed by atoms with E-state index < -0.39 is 5.91 Å². The number of carbonyl (C=O) groups excluding carboxylic acids is 1. The van der Waals surface area contributed by atoms with E-state index in [0.29, 0.717) is 21.3 Å². The maximum atomic E-state index is 12.8. The molecule has 1 aromatic heterocycles. The Hall–Kier alpha value is -2.56. The van der Waals surface area contributed by atoms with Crippen molar-refractivity contribution in [2.24, 2.45) is 0 Å². The van der Waals surface area contributed by atoms with E-state index in [0.717, 1.165) is 11.1 Å². The molecule has 0 fully saturated rings. The van der Waals surface area contributed by atoms with Gasteiger partial charge in [-0.05, 0) is 54.4 Å². The number of anilines is 1. The third-order valence-electron chi connectivity index (χ3n) is 3.77. The van der Waals surface area contributed by atoms with Crippen LogP contribution >= 0.6 is 23.2 Å². The van der Waals surface area contributed by atoms with Gasteiger partial charge in [0, 0.05) is 23.6 Å². The van der Waals surface area contributed by atoms with Gasteiger partial charge in [-0.2, -0.15) is 0 Å². The van der Waals surface area contributed by atoms with Crippen LogP contribution in [0.25, 0.3) is 11.1 Å². The lowest BCUT2D eigenvalue weighted by atomic mass is 9.94. The van der Waals surface area contributed by atoms with Gasteiger partial charge in [-0.15, -0.1) is 0 Å². The lowest BCUT2D eigenvalue weighted by Gasteiger charge is -2.15. The van der Waals surface area contributed by atoms with E-state index in [1.807, 2.05) is 6.92 Å². The van der Waals surface area contributed by atoms with Gasteiger partial charge < -0.3 is 10.4 Å². The Balaban J connectivity index is 2.05. The van der Waals surface area contributed by atoms with Crippen molar-refractivity contribution in [1.29, 1.82) is 0 Å². The summed E-state index contributed by atoms with van der Waals surface area (Å²) >= 11 is 11.9. The number of nitrogens with one attached hydrogen (secondary N) is 1. The fourth-order valence-electron chi connectivity index (χ4n) is 2.58. The van der Waals surface area contributed by atoms with Crippen molar-refractivity contribution in [3.05, 3.63) is 76.0 Å². The fourth-order valence-corrected chi connectivity index (χ4v) is 2.88. The number of aromatic hydroxyl groups is 1. The van der Waals surface area contributed by atoms with Gasteiger partial charge in [0.15, 0.2) is 0 Å². The Morgan fingerprint density at radius 2 is 1.76 bits per heavy atom. The van der Waals surface area contributed by atoms with Gasteiger partial charge in [0.25, 0.3) is 5.91 Å². The molecule has 3 aromatic rings. The van der Waals surface area contributed by atoms with E-state index in [2.05, 4.69) is 10.3 Å². The lowest BCUT2D eigenvalue weighted by Crippen LogP contribution is -2.14. The molecule has 1 heterocycles. The minimum Gasteiger partial charge on any atom is -0.507 e. The van der Waals surface area contributed by atoms with E-state index in [9.17, 15) is 9.90 Å². The molecular weight excluding hydrogens is 359 g/mol. The van der Waals surface area contributed by atoms with Crippen molar-refractivity contribution in [2.45, 2.75) is 6.92 Å². The van der Waals surface area contributed by atoms with Gasteiger partial charge in [-0.3, -0.25) is 9.78 Å². The van der Waals surface area contributed by atoms with Crippen LogP contribution in [0, 0.1) is 6.92 Å². The summed E-state index contributed by atoms with van der Waals surface area (Å²) in [5, 5.41) is 13.8. The molecule has 0 saturated carbocycles. The zero-order chi connectivity index (χ0) is 18.0. The van der Waals surface area contributed by atoms with Crippen LogP contribution in [-0.4, -0.2) is 16.0 Å². The average Bonchev–Trinajstić information content (AvgIpc) is 2.60. The number of benzene rings is 2. The first-order valence-electron chi connectivity index (χ1n) is 7.46. The number of pyridine rings is 1. The summed E-state index contributed by atoms with van der Waals surface area (Å²) in [4.78, 5) is 16.8. The highest BCUT2D eigenvalue weighted by Crippen LogP contribution is 2.34. The Morgan fingerprint density at radius 1 is 1.04 bits per heavy atom. The van der Waals surface area contributed by atoms with Crippen molar-refractivity contribution in [3.63, 3.8) is 0 Å². The molecule has 0 radical (unpaired) electrons. The van der Waals surface area contributed by atoms with Crippen LogP contribution in [0.4, 0.5) is 5.69 Å². The molecule has 2 aromatic carbocycles. The number of phenolic OH excluding ortho intramolecular Hbond substituents is 1. The number of hydrogen-bond acceptors (Lipinski definition) is 3. The van der Waals surface area contributed by atoms with Gasteiger partial charge in [0.05, 0.1) is 15.6 Å². The summed E-state index contributed by atoms with van der Waals surface area (Å²) in [6.07, 6.45) is 3.28. The maximum absolute atomic E-state index is 12.8. The molecule has 0 atom stereocenters. The molecule has 0 saturated heterocycles. The Bertz CT molecular complexity index is 944. The second kappa shape index (κ2) is 7.13. The minimum atomic E-state index is -0.439. The molecule has 0 aliphatic rings. The van der Waals surface area contributed by atoms with Gasteiger partial charge in [-0.1, -0.05) is 29.3 Å². The van der Waals surface area contributed by atoms with E-state index >= 15 is 0 Å². The van der Waals surface area contributed by atoms with Crippen molar-refractivity contribution in [2.75, 3.05) is 5.32 Å². The lowest BCUT2D eigenvalue weighted by molar-refractivity contribution is 0.102. The predicted molar refractivity (Wildman–Crippen MR) is 100 cm³/mol. The second-order valence-corrected chi connectivity index (χ2v) is 6.28. The van der Waals surface area contributed by atoms with Gasteiger partial charge in [0.1, 0.15) is 5.75 Å². The normalized spacial score (nSPS) is 10.5. The number of aromatic nitrogens is 1. The van der Waals surface area contributed by atoms with Gasteiger partial charge in [-0.25, -0.2) is 0 Å². The van der Waals surface area contributed by atoms with E-state index in [1.165, 1.54) is 6.07 Å². The number of rotatable bonds is 3. The molecule has 0 aliphatic carbocycles. The summed E-state index contributed by atoms with van der Waals surface area (Å²) in [6, 6.07) is 11.6. The number of amides is 1. The third kappa shape index (κ3) is 3.60. The predicted octanol–water partition coefficient (Wildman–Crippen LogP) is 5.32. The fraction of sp³-hybridized carbons (Fsp3) is 0.0526. The molecule has 6 heteroatoms. The van der Waals surface area contributed by atoms with Crippen LogP contribution in [0.5, 0.6) is 5.75 Å². The monoisotopic (exact) mass is 372 g/mol. The highest BCUT2D eigenvalue weighted by Gasteiger charge is 2.20. The molecule has 2 N–H and O–H groups in total. The Kier molecular flexibility index (Phi) is 4.93. The van der Waals surface area contributed by atoms with Crippen LogP contribution in [0.1, 0.15) is 15.9 Å². The van der Waals surface area contributed by atoms with Crippen molar-refractivity contribution in [1.82, 2.24) is 4.98 Å². The van der Waals surface area contributed by atoms with Crippen LogP contribution in [-0.2, 0) is 0 Å². The number of phenols is 1. The van der Waals surface area contributed by atoms with Crippen molar-refractivity contribution in [3.8, 4) is 16.9 Å². The molecule has 3 rings (SSSR count). The minimum absolute atomic E-state index is 0.102. The third-order valence-corrected chi connectivity index (χ3v) is 4.50. The molecule has 1 amide bonds. The van der Waals surface area contributed by atoms with Crippen LogP contribution < -0.4 is 5.32 Å². The summed E-state index contributed by atoms with van der Waals surface area (Å²) in [6.45, 7) is 1.88. The topological polar surface area (TPSA) is 62.2 Å². The standard InChI is InChI=1S/C19H14Cl2N2O2/c1-11-2-5-16(24)18(17(11)12-6-8-22-9-7-12)19(25)23-13-3-4-14(20)15(21)10-13/h2-10,24H,1H3,(H,23,25). The molecule has 0 unspecified atom stereocenters. The summed E-state index contributed by atoms with van der Waals surface area (Å²) in [5.74, 6) is -0.540. The molecule has 126 valence electrons. The first-order chi connectivity index (χ1) is 12.0. The Labute approximate surface area is 155 Å². The second-order valence-electron chi connectivity index (χ2n) is 5.47. The molecule has 4 nitrogen and oxygen atoms in total. The number of aryl methyl sites for hydroxylation is 1. The first-order valence-corrected chi connectivity index (χ1v) is 8.22. The van der Waals surface area contributed by atoms with Crippen LogP contribution in [0.3, 0.4) is 0 Å². The quantitative estimate of drug-likeness (QED) is 0.653. The summed E-state index contributed by atoms with van der Waals surface area (Å²) < 4.78 is 0. The van der Waals surface area contributed by atoms with Crippen molar-refractivity contribution < 1.29 is 9.90 Å². The van der Waals surface area contributed by atoms with Crippen LogP contribution in [0.15, 0.2) is 54.9 Å². The molecule has 25 heavy (non-hydrogen) atoms. The zero-order valence-electron chi connectivity index (χ0n) is 13.3. The van der Waals surface area contributed by atoms with E-state index in [-0.39, 0.29) is 11.3 Å². The Morgan fingerprint density at radius 3 is 2.44 bits per heavy atom. The molecule has 0 spiro atoms. The number of halogens is 2. The SMILES string of the molecule is Cc1ccc(O)c(C(=O)Nc2ccc(Cl)c(Cl)c2)c1-c1ccncc1. The highest BCUT2D eigenvalue weighted by molar-refractivity contribution is 6.42. The van der Waals surface area contributed by atoms with E-state index in [4.69, 9.17) is 23.2 Å². The maximum Gasteiger partial charge on any atom is 0.260 e. The highest BCUT2D eigenvalue weighted by atomic mass is 35.5. The van der Waals surface area contributed by atoms with Gasteiger partial charge in [0.2, 0.25) is 0 Å². The van der Waals surface area contributed by atoms with Crippen LogP contribution in [0.2, 0.25) is 10.0 Å². The first kappa shape index (κ1) is 17.3. The summed E-state index contributed by atoms with van der Waals surface area (Å²) in [7, 11) is 0. The average molecular weight is 373 g/mol. The number of nitrogens with zero attached hydrogens (tertiary/aromatic N) is 1. The molecular formula is C19H14Cl2N2O2.